The van der Waals surface area contributed by atoms with Gasteiger partial charge in [0.2, 0.25) is 5.91 Å². The van der Waals surface area contributed by atoms with Crippen molar-refractivity contribution in [1.82, 2.24) is 0 Å². The highest BCUT2D eigenvalue weighted by Crippen LogP contribution is 2.33. The Balaban J connectivity index is 1.96. The van der Waals surface area contributed by atoms with Crippen LogP contribution in [-0.2, 0) is 4.79 Å². The van der Waals surface area contributed by atoms with E-state index < -0.39 is 5.82 Å². The number of amides is 1. The number of nitrogens with one attached hydrogen (secondary N) is 1. The molecule has 4 nitrogen and oxygen atoms in total. The third-order valence-corrected chi connectivity index (χ3v) is 3.10. The minimum atomic E-state index is -0.482. The number of hydrogen-bond donors (Lipinski definition) is 2. The Hall–Kier alpha value is -1.62. The summed E-state index contributed by atoms with van der Waals surface area (Å²) in [6.07, 6.45) is 2.39. The predicted molar refractivity (Wildman–Crippen MR) is 66.9 cm³/mol. The molecule has 18 heavy (non-hydrogen) atoms. The smallest absolute Gasteiger partial charge is 0.226 e. The summed E-state index contributed by atoms with van der Waals surface area (Å²) in [6.45, 7) is 0. The van der Waals surface area contributed by atoms with Crippen LogP contribution in [0, 0.1) is 11.7 Å². The maximum atomic E-state index is 13.5. The first-order valence-electron chi connectivity index (χ1n) is 5.99. The van der Waals surface area contributed by atoms with E-state index in [1.165, 1.54) is 25.3 Å². The van der Waals surface area contributed by atoms with Gasteiger partial charge in [-0.3, -0.25) is 4.79 Å². The molecule has 0 heterocycles. The van der Waals surface area contributed by atoms with E-state index >= 15 is 0 Å². The molecule has 98 valence electrons. The van der Waals surface area contributed by atoms with Crippen molar-refractivity contribution in [3.63, 3.8) is 0 Å². The highest BCUT2D eigenvalue weighted by molar-refractivity contribution is 5.91. The van der Waals surface area contributed by atoms with Crippen LogP contribution in [-0.4, -0.2) is 19.1 Å². The molecule has 1 amide bonds. The van der Waals surface area contributed by atoms with Gasteiger partial charge in [0.05, 0.1) is 12.8 Å². The molecule has 0 bridgehead atoms. The Morgan fingerprint density at radius 3 is 2.94 bits per heavy atom. The monoisotopic (exact) mass is 252 g/mol. The van der Waals surface area contributed by atoms with Crippen molar-refractivity contribution in [3.8, 4) is 5.75 Å². The molecular formula is C13H17FN2O2. The summed E-state index contributed by atoms with van der Waals surface area (Å²) < 4.78 is 18.5. The van der Waals surface area contributed by atoms with Crippen LogP contribution in [0.3, 0.4) is 0 Å². The van der Waals surface area contributed by atoms with Gasteiger partial charge in [-0.25, -0.2) is 4.39 Å². The molecule has 1 fully saturated rings. The zero-order valence-electron chi connectivity index (χ0n) is 10.3. The number of rotatable bonds is 5. The highest BCUT2D eigenvalue weighted by atomic mass is 19.1. The van der Waals surface area contributed by atoms with E-state index in [-0.39, 0.29) is 24.1 Å². The standard InChI is InChI=1S/C13H17FN2O2/c1-18-9-4-5-10(14)12(6-9)16-13(17)7-11(15)8-2-3-8/h4-6,8,11H,2-3,7,15H2,1H3,(H,16,17). The SMILES string of the molecule is COc1ccc(F)c(NC(=O)CC(N)C2CC2)c1. The Labute approximate surface area is 105 Å². The zero-order chi connectivity index (χ0) is 13.1. The summed E-state index contributed by atoms with van der Waals surface area (Å²) in [5.41, 5.74) is 5.98. The summed E-state index contributed by atoms with van der Waals surface area (Å²) in [7, 11) is 1.49. The van der Waals surface area contributed by atoms with Gasteiger partial charge >= 0.3 is 0 Å². The van der Waals surface area contributed by atoms with E-state index in [0.717, 1.165) is 12.8 Å². The first-order chi connectivity index (χ1) is 8.60. The van der Waals surface area contributed by atoms with Crippen LogP contribution in [0.25, 0.3) is 0 Å². The number of ether oxygens (including phenoxy) is 1. The number of anilines is 1. The molecule has 1 atom stereocenters. The van der Waals surface area contributed by atoms with Gasteiger partial charge in [-0.05, 0) is 30.9 Å². The maximum Gasteiger partial charge on any atom is 0.226 e. The van der Waals surface area contributed by atoms with Crippen molar-refractivity contribution >= 4 is 11.6 Å². The second kappa shape index (κ2) is 5.35. The first kappa shape index (κ1) is 12.8. The summed E-state index contributed by atoms with van der Waals surface area (Å²) in [5, 5.41) is 2.52. The van der Waals surface area contributed by atoms with Crippen molar-refractivity contribution < 1.29 is 13.9 Å². The zero-order valence-corrected chi connectivity index (χ0v) is 10.3. The third-order valence-electron chi connectivity index (χ3n) is 3.10. The summed E-state index contributed by atoms with van der Waals surface area (Å²) >= 11 is 0. The van der Waals surface area contributed by atoms with Crippen LogP contribution in [0.1, 0.15) is 19.3 Å². The fraction of sp³-hybridized carbons (Fsp3) is 0.462. The van der Waals surface area contributed by atoms with Gasteiger partial charge in [-0.2, -0.15) is 0 Å². The van der Waals surface area contributed by atoms with E-state index in [1.807, 2.05) is 0 Å². The topological polar surface area (TPSA) is 64.3 Å². The number of methoxy groups -OCH3 is 1. The van der Waals surface area contributed by atoms with Crippen LogP contribution >= 0.6 is 0 Å². The average Bonchev–Trinajstić information content (AvgIpc) is 3.15. The molecule has 0 spiro atoms. The average molecular weight is 252 g/mol. The molecule has 5 heteroatoms. The number of halogens is 1. The van der Waals surface area contributed by atoms with Crippen molar-refractivity contribution in [3.05, 3.63) is 24.0 Å². The Morgan fingerprint density at radius 2 is 2.33 bits per heavy atom. The first-order valence-corrected chi connectivity index (χ1v) is 5.99. The van der Waals surface area contributed by atoms with E-state index in [0.29, 0.717) is 11.7 Å². The van der Waals surface area contributed by atoms with Gasteiger partial charge in [0.15, 0.2) is 0 Å². The molecule has 0 aliphatic heterocycles. The minimum absolute atomic E-state index is 0.126. The number of hydrogen-bond acceptors (Lipinski definition) is 3. The van der Waals surface area contributed by atoms with E-state index in [4.69, 9.17) is 10.5 Å². The summed E-state index contributed by atoms with van der Waals surface area (Å²) in [4.78, 5) is 11.7. The molecule has 2 rings (SSSR count). The Kier molecular flexibility index (Phi) is 3.81. The lowest BCUT2D eigenvalue weighted by atomic mass is 10.1. The second-order valence-electron chi connectivity index (χ2n) is 4.60. The van der Waals surface area contributed by atoms with Crippen LogP contribution in [0.2, 0.25) is 0 Å². The third kappa shape index (κ3) is 3.20. The largest absolute Gasteiger partial charge is 0.497 e. The quantitative estimate of drug-likeness (QED) is 0.841. The fourth-order valence-corrected chi connectivity index (χ4v) is 1.83. The van der Waals surface area contributed by atoms with Gasteiger partial charge in [-0.15, -0.1) is 0 Å². The molecule has 1 aromatic carbocycles. The molecular weight excluding hydrogens is 235 g/mol. The van der Waals surface area contributed by atoms with E-state index in [9.17, 15) is 9.18 Å². The molecule has 1 saturated carbocycles. The Morgan fingerprint density at radius 1 is 1.61 bits per heavy atom. The highest BCUT2D eigenvalue weighted by Gasteiger charge is 2.29. The van der Waals surface area contributed by atoms with Gasteiger partial charge < -0.3 is 15.8 Å². The molecule has 0 radical (unpaired) electrons. The summed E-state index contributed by atoms with van der Waals surface area (Å²) in [6, 6.07) is 4.09. The van der Waals surface area contributed by atoms with Crippen molar-refractivity contribution in [2.24, 2.45) is 11.7 Å². The lowest BCUT2D eigenvalue weighted by Gasteiger charge is -2.11. The van der Waals surface area contributed by atoms with Gasteiger partial charge in [0.1, 0.15) is 11.6 Å². The normalized spacial score (nSPS) is 16.2. The molecule has 1 aliphatic rings. The van der Waals surface area contributed by atoms with Crippen LogP contribution in [0.4, 0.5) is 10.1 Å². The van der Waals surface area contributed by atoms with Crippen molar-refractivity contribution in [2.45, 2.75) is 25.3 Å². The number of benzene rings is 1. The lowest BCUT2D eigenvalue weighted by Crippen LogP contribution is -2.29. The second-order valence-corrected chi connectivity index (χ2v) is 4.60. The Bertz CT molecular complexity index is 447. The fourth-order valence-electron chi connectivity index (χ4n) is 1.83. The van der Waals surface area contributed by atoms with E-state index in [2.05, 4.69) is 5.32 Å². The number of nitrogens with two attached hydrogens (primary N) is 1. The molecule has 3 N–H and O–H groups in total. The number of carbonyl (C=O) groups is 1. The number of carbonyl (C=O) groups excluding carboxylic acids is 1. The van der Waals surface area contributed by atoms with E-state index in [1.54, 1.807) is 0 Å². The minimum Gasteiger partial charge on any atom is -0.497 e. The summed E-state index contributed by atoms with van der Waals surface area (Å²) in [5.74, 6) is 0.204. The molecule has 1 aromatic rings. The van der Waals surface area contributed by atoms with Crippen LogP contribution in [0.5, 0.6) is 5.75 Å². The molecule has 0 saturated heterocycles. The van der Waals surface area contributed by atoms with Crippen molar-refractivity contribution in [2.75, 3.05) is 12.4 Å². The predicted octanol–water partition coefficient (Wildman–Crippen LogP) is 1.90. The molecule has 1 aliphatic carbocycles. The molecule has 1 unspecified atom stereocenters. The van der Waals surface area contributed by atoms with Crippen LogP contribution in [0.15, 0.2) is 18.2 Å². The van der Waals surface area contributed by atoms with Gasteiger partial charge in [-0.1, -0.05) is 0 Å². The maximum absolute atomic E-state index is 13.5. The van der Waals surface area contributed by atoms with Crippen molar-refractivity contribution in [1.29, 1.82) is 0 Å². The van der Waals surface area contributed by atoms with Crippen LogP contribution < -0.4 is 15.8 Å². The van der Waals surface area contributed by atoms with Gasteiger partial charge in [0, 0.05) is 18.5 Å². The lowest BCUT2D eigenvalue weighted by molar-refractivity contribution is -0.116. The van der Waals surface area contributed by atoms with Gasteiger partial charge in [0.25, 0.3) is 0 Å². The molecule has 0 aromatic heterocycles.